The molecule has 1 aliphatic heterocycles. The maximum Gasteiger partial charge on any atom is 0.345 e. The van der Waals surface area contributed by atoms with Crippen molar-refractivity contribution >= 4 is 145 Å². The zero-order chi connectivity index (χ0) is 36.0. The number of hydrogen-bond acceptors (Lipinski definition) is 6. The molecule has 1 heterocycles. The number of carbonyl (C=O) groups excluding carboxylic acids is 5. The van der Waals surface area contributed by atoms with Gasteiger partial charge < -0.3 is 4.74 Å². The number of fused-ring (bicyclic) bond motifs is 5. The number of nitrogens with zero attached hydrogens (tertiary/aromatic N) is 2. The van der Waals surface area contributed by atoms with Crippen molar-refractivity contribution in [3.8, 4) is 5.75 Å². The van der Waals surface area contributed by atoms with Gasteiger partial charge in [0.2, 0.25) is 0 Å². The first-order chi connectivity index (χ1) is 22.9. The molecule has 1 saturated carbocycles. The van der Waals surface area contributed by atoms with Gasteiger partial charge >= 0.3 is 5.97 Å². The molecule has 0 spiro atoms. The first-order valence-corrected chi connectivity index (χ1v) is 17.4. The second kappa shape index (κ2) is 12.9. The quantitative estimate of drug-likeness (QED) is 0.0773. The molecule has 1 saturated heterocycles. The SMILES string of the molecule is O=C(CN(C(=O)c1ccc(Cl)cc1Cl)N1C(=O)[C@@H]2[C@@H](C1=O)[C@@]1(Cl)C(Cl)=C(Cl)[C@@]2(Cl)C1(Cl)Cl)c1ccc(OC(=O)c2ccc(Cl)cc2Cl)cc1. The number of Topliss-reactive ketones (excluding diaryl/α,β-unsaturated/α-hetero) is 1. The minimum absolute atomic E-state index is 0.000368. The predicted molar refractivity (Wildman–Crippen MR) is 189 cm³/mol. The minimum Gasteiger partial charge on any atom is -0.423 e. The summed E-state index contributed by atoms with van der Waals surface area (Å²) in [5, 5.41) is 0.808. The average molecular weight is 865 g/mol. The maximum absolute atomic E-state index is 14.1. The number of ether oxygens (including phenoxy) is 1. The van der Waals surface area contributed by atoms with Crippen molar-refractivity contribution < 1.29 is 28.7 Å². The van der Waals surface area contributed by atoms with Gasteiger partial charge in [0.25, 0.3) is 17.7 Å². The summed E-state index contributed by atoms with van der Waals surface area (Å²) in [4.78, 5) is 64.2. The molecule has 4 atom stereocenters. The molecule has 2 bridgehead atoms. The van der Waals surface area contributed by atoms with Crippen molar-refractivity contribution in [3.05, 3.63) is 108 Å². The molecule has 2 aliphatic carbocycles. The number of halogens is 10. The zero-order valence-corrected chi connectivity index (χ0v) is 31.3. The number of esters is 1. The number of imide groups is 1. The maximum atomic E-state index is 14.1. The molecule has 3 aromatic rings. The predicted octanol–water partition coefficient (Wildman–Crippen LogP) is 9.21. The van der Waals surface area contributed by atoms with Crippen LogP contribution in [0.2, 0.25) is 20.1 Å². The van der Waals surface area contributed by atoms with Gasteiger partial charge in [-0.3, -0.25) is 19.2 Å². The number of alkyl halides is 4. The Bertz CT molecular complexity index is 1990. The lowest BCUT2D eigenvalue weighted by Gasteiger charge is -2.36. The summed E-state index contributed by atoms with van der Waals surface area (Å²) < 4.78 is 3.13. The summed E-state index contributed by atoms with van der Waals surface area (Å²) in [5.41, 5.74) is -0.156. The monoisotopic (exact) mass is 860 g/mol. The third kappa shape index (κ3) is 5.45. The van der Waals surface area contributed by atoms with Crippen LogP contribution in [0, 0.1) is 11.8 Å². The van der Waals surface area contributed by atoms with Gasteiger partial charge in [0, 0.05) is 15.6 Å². The largest absolute Gasteiger partial charge is 0.423 e. The molecule has 49 heavy (non-hydrogen) atoms. The number of carbonyl (C=O) groups is 5. The van der Waals surface area contributed by atoms with Gasteiger partial charge in [-0.25, -0.2) is 9.80 Å². The molecule has 0 unspecified atom stereocenters. The summed E-state index contributed by atoms with van der Waals surface area (Å²) in [7, 11) is 0. The highest BCUT2D eigenvalue weighted by Gasteiger charge is 2.88. The molecule has 0 radical (unpaired) electrons. The molecule has 0 N–H and O–H groups in total. The summed E-state index contributed by atoms with van der Waals surface area (Å²) in [6.07, 6.45) is 0. The van der Waals surface area contributed by atoms with Crippen LogP contribution < -0.4 is 4.74 Å². The third-order valence-corrected chi connectivity index (χ3v) is 13.7. The summed E-state index contributed by atoms with van der Waals surface area (Å²) in [6.45, 7) is -0.874. The summed E-state index contributed by atoms with van der Waals surface area (Å²) in [6, 6.07) is 13.3. The van der Waals surface area contributed by atoms with Crippen molar-refractivity contribution in [2.45, 2.75) is 14.1 Å². The number of ketones is 1. The summed E-state index contributed by atoms with van der Waals surface area (Å²) >= 11 is 63.9. The van der Waals surface area contributed by atoms with Crippen LogP contribution in [0.3, 0.4) is 0 Å². The molecule has 8 nitrogen and oxygen atoms in total. The van der Waals surface area contributed by atoms with E-state index in [0.29, 0.717) is 15.0 Å². The minimum atomic E-state index is -2.22. The first-order valence-electron chi connectivity index (χ1n) is 13.6. The van der Waals surface area contributed by atoms with Crippen LogP contribution in [0.1, 0.15) is 31.1 Å². The highest BCUT2D eigenvalue weighted by molar-refractivity contribution is 6.67. The van der Waals surface area contributed by atoms with Crippen molar-refractivity contribution in [1.29, 1.82) is 0 Å². The lowest BCUT2D eigenvalue weighted by Crippen LogP contribution is -2.56. The Morgan fingerprint density at radius 3 is 1.63 bits per heavy atom. The van der Waals surface area contributed by atoms with Crippen LogP contribution in [0.4, 0.5) is 0 Å². The smallest absolute Gasteiger partial charge is 0.345 e. The Kier molecular flexibility index (Phi) is 9.71. The Labute approximate surface area is 327 Å². The second-order valence-corrected chi connectivity index (χ2v) is 16.0. The van der Waals surface area contributed by atoms with E-state index in [0.717, 1.165) is 0 Å². The van der Waals surface area contributed by atoms with Gasteiger partial charge in [-0.05, 0) is 60.7 Å². The number of allylic oxidation sites excluding steroid dienone is 2. The third-order valence-electron chi connectivity index (χ3n) is 8.35. The van der Waals surface area contributed by atoms with E-state index in [4.69, 9.17) is 121 Å². The van der Waals surface area contributed by atoms with Crippen molar-refractivity contribution in [3.63, 3.8) is 0 Å². The highest BCUT2D eigenvalue weighted by Crippen LogP contribution is 2.77. The fourth-order valence-corrected chi connectivity index (χ4v) is 9.91. The zero-order valence-electron chi connectivity index (χ0n) is 23.8. The van der Waals surface area contributed by atoms with E-state index in [1.807, 2.05) is 0 Å². The van der Waals surface area contributed by atoms with Crippen LogP contribution in [-0.2, 0) is 9.59 Å². The normalized spacial score (nSPS) is 25.1. The number of benzene rings is 3. The lowest BCUT2D eigenvalue weighted by molar-refractivity contribution is -0.154. The molecule has 3 aliphatic rings. The lowest BCUT2D eigenvalue weighted by atomic mass is 9.84. The van der Waals surface area contributed by atoms with Crippen LogP contribution in [-0.4, -0.2) is 60.1 Å². The Morgan fingerprint density at radius 2 is 1.16 bits per heavy atom. The average Bonchev–Trinajstić information content (AvgIpc) is 3.42. The molecule has 254 valence electrons. The van der Waals surface area contributed by atoms with Gasteiger partial charge in [-0.2, -0.15) is 5.01 Å². The fourth-order valence-electron chi connectivity index (χ4n) is 6.01. The van der Waals surface area contributed by atoms with Gasteiger partial charge in [0.1, 0.15) is 22.0 Å². The molecule has 3 amide bonds. The molecule has 2 fully saturated rings. The number of hydrazine groups is 1. The second-order valence-electron chi connectivity index (χ2n) is 11.0. The van der Waals surface area contributed by atoms with Crippen LogP contribution in [0.5, 0.6) is 5.75 Å². The highest BCUT2D eigenvalue weighted by atomic mass is 35.5. The van der Waals surface area contributed by atoms with Gasteiger partial charge in [-0.1, -0.05) is 92.8 Å². The van der Waals surface area contributed by atoms with Gasteiger partial charge in [0.15, 0.2) is 10.1 Å². The van der Waals surface area contributed by atoms with Crippen LogP contribution in [0.15, 0.2) is 70.7 Å². The van der Waals surface area contributed by atoms with E-state index in [1.165, 1.54) is 60.7 Å². The molecule has 0 aromatic heterocycles. The number of rotatable bonds is 7. The Balaban J connectivity index is 1.32. The van der Waals surface area contributed by atoms with Gasteiger partial charge in [-0.15, -0.1) is 23.2 Å². The standard InChI is InChI=1S/C31H14Cl10N2O6/c32-13-3-7-16(18(34)9-13)25(45)42(43-26(46)21-22(27(43)47)30(39)24(37)23(36)29(21,38)31(30,40)41)11-20(44)12-1-5-15(6-2-12)49-28(48)17-8-4-14(33)10-19(17)35/h1-10,21-22H,11H2/t21-,22-,29+,30+/m0/s1. The Morgan fingerprint density at radius 1 is 0.694 bits per heavy atom. The summed E-state index contributed by atoms with van der Waals surface area (Å²) in [5.74, 6) is -7.84. The van der Waals surface area contributed by atoms with Crippen molar-refractivity contribution in [2.24, 2.45) is 11.8 Å². The van der Waals surface area contributed by atoms with Gasteiger partial charge in [0.05, 0.1) is 43.1 Å². The van der Waals surface area contributed by atoms with E-state index < -0.39 is 61.9 Å². The van der Waals surface area contributed by atoms with E-state index in [9.17, 15) is 24.0 Å². The number of hydrogen-bond donors (Lipinski definition) is 0. The molecular formula is C31H14Cl10N2O6. The first kappa shape index (κ1) is 36.8. The van der Waals surface area contributed by atoms with E-state index in [-0.39, 0.29) is 47.6 Å². The van der Waals surface area contributed by atoms with E-state index in [1.54, 1.807) is 0 Å². The topological polar surface area (TPSA) is 101 Å². The van der Waals surface area contributed by atoms with Crippen LogP contribution in [0.25, 0.3) is 0 Å². The molecule has 18 heteroatoms. The molecule has 3 aromatic carbocycles. The molecule has 6 rings (SSSR count). The van der Waals surface area contributed by atoms with E-state index in [2.05, 4.69) is 0 Å². The Hall–Kier alpha value is -1.95. The number of amides is 3. The molecular weight excluding hydrogens is 851 g/mol. The fraction of sp³-hybridized carbons (Fsp3) is 0.194. The van der Waals surface area contributed by atoms with Crippen molar-refractivity contribution in [1.82, 2.24) is 10.0 Å². The van der Waals surface area contributed by atoms with Crippen LogP contribution >= 0.6 is 116 Å². The van der Waals surface area contributed by atoms with Crippen molar-refractivity contribution in [2.75, 3.05) is 6.54 Å². The van der Waals surface area contributed by atoms with E-state index >= 15 is 0 Å².